The van der Waals surface area contributed by atoms with Crippen molar-refractivity contribution in [1.29, 1.82) is 0 Å². The standard InChI is InChI=1S/C20H22N4O/c1-14-17(20(25)22-16-10-6-3-7-11-16)13-21-19-12-18(23-24(14)19)15-8-4-2-5-9-15/h2,4-5,8-9,12-13,16H,3,6-7,10-11H2,1H3,(H,22,25). The highest BCUT2D eigenvalue weighted by Gasteiger charge is 2.19. The molecule has 25 heavy (non-hydrogen) atoms. The fourth-order valence-corrected chi connectivity index (χ4v) is 3.53. The molecule has 0 spiro atoms. The van der Waals surface area contributed by atoms with E-state index in [0.29, 0.717) is 5.56 Å². The van der Waals surface area contributed by atoms with E-state index >= 15 is 0 Å². The molecular weight excluding hydrogens is 312 g/mol. The number of carbonyl (C=O) groups is 1. The van der Waals surface area contributed by atoms with Crippen molar-refractivity contribution in [3.05, 3.63) is 53.9 Å². The van der Waals surface area contributed by atoms with Crippen LogP contribution in [-0.2, 0) is 0 Å². The molecule has 1 saturated carbocycles. The van der Waals surface area contributed by atoms with Gasteiger partial charge in [0, 0.05) is 23.9 Å². The van der Waals surface area contributed by atoms with Crippen LogP contribution in [0.15, 0.2) is 42.6 Å². The second-order valence-electron chi connectivity index (χ2n) is 6.73. The van der Waals surface area contributed by atoms with Gasteiger partial charge in [-0.2, -0.15) is 5.10 Å². The van der Waals surface area contributed by atoms with Crippen LogP contribution in [0, 0.1) is 6.92 Å². The van der Waals surface area contributed by atoms with E-state index in [1.165, 1.54) is 19.3 Å². The first kappa shape index (κ1) is 15.8. The van der Waals surface area contributed by atoms with E-state index in [1.807, 2.05) is 43.3 Å². The molecule has 0 aliphatic heterocycles. The molecule has 5 heteroatoms. The molecule has 1 fully saturated rings. The van der Waals surface area contributed by atoms with Crippen LogP contribution in [0.2, 0.25) is 0 Å². The minimum absolute atomic E-state index is 0.0458. The van der Waals surface area contributed by atoms with Crippen molar-refractivity contribution in [2.75, 3.05) is 0 Å². The fourth-order valence-electron chi connectivity index (χ4n) is 3.53. The summed E-state index contributed by atoms with van der Waals surface area (Å²) in [5.41, 5.74) is 4.08. The van der Waals surface area contributed by atoms with E-state index in [0.717, 1.165) is 35.4 Å². The Bertz CT molecular complexity index is 895. The number of benzene rings is 1. The number of rotatable bonds is 3. The number of fused-ring (bicyclic) bond motifs is 1. The maximum Gasteiger partial charge on any atom is 0.254 e. The molecule has 1 aliphatic carbocycles. The molecule has 5 nitrogen and oxygen atoms in total. The van der Waals surface area contributed by atoms with Gasteiger partial charge >= 0.3 is 0 Å². The Balaban J connectivity index is 1.64. The third kappa shape index (κ3) is 3.14. The van der Waals surface area contributed by atoms with Gasteiger partial charge in [0.1, 0.15) is 0 Å². The van der Waals surface area contributed by atoms with Crippen LogP contribution >= 0.6 is 0 Å². The first-order valence-corrected chi connectivity index (χ1v) is 8.94. The molecule has 4 rings (SSSR count). The summed E-state index contributed by atoms with van der Waals surface area (Å²) in [5.74, 6) is -0.0458. The Morgan fingerprint density at radius 1 is 1.16 bits per heavy atom. The van der Waals surface area contributed by atoms with E-state index in [9.17, 15) is 4.79 Å². The molecule has 0 unspecified atom stereocenters. The largest absolute Gasteiger partial charge is 0.349 e. The molecule has 0 radical (unpaired) electrons. The van der Waals surface area contributed by atoms with Crippen molar-refractivity contribution in [2.24, 2.45) is 0 Å². The normalized spacial score (nSPS) is 15.4. The van der Waals surface area contributed by atoms with Gasteiger partial charge in [-0.1, -0.05) is 49.6 Å². The summed E-state index contributed by atoms with van der Waals surface area (Å²) >= 11 is 0. The van der Waals surface area contributed by atoms with E-state index in [1.54, 1.807) is 10.7 Å². The molecular formula is C20H22N4O. The minimum Gasteiger partial charge on any atom is -0.349 e. The molecule has 1 aliphatic rings. The van der Waals surface area contributed by atoms with Crippen molar-refractivity contribution in [2.45, 2.75) is 45.1 Å². The number of amides is 1. The first-order chi connectivity index (χ1) is 12.2. The smallest absolute Gasteiger partial charge is 0.254 e. The van der Waals surface area contributed by atoms with E-state index in [4.69, 9.17) is 0 Å². The summed E-state index contributed by atoms with van der Waals surface area (Å²) in [6, 6.07) is 12.2. The van der Waals surface area contributed by atoms with Gasteiger partial charge < -0.3 is 5.32 Å². The monoisotopic (exact) mass is 334 g/mol. The zero-order valence-corrected chi connectivity index (χ0v) is 14.4. The highest BCUT2D eigenvalue weighted by atomic mass is 16.1. The Morgan fingerprint density at radius 2 is 1.92 bits per heavy atom. The molecule has 3 aromatic rings. The molecule has 128 valence electrons. The summed E-state index contributed by atoms with van der Waals surface area (Å²) in [4.78, 5) is 17.1. The third-order valence-electron chi connectivity index (χ3n) is 4.98. The minimum atomic E-state index is -0.0458. The van der Waals surface area contributed by atoms with Crippen molar-refractivity contribution in [1.82, 2.24) is 19.9 Å². The Labute approximate surface area is 147 Å². The molecule has 0 atom stereocenters. The highest BCUT2D eigenvalue weighted by Crippen LogP contribution is 2.21. The fraction of sp³-hybridized carbons (Fsp3) is 0.350. The van der Waals surface area contributed by atoms with Gasteiger partial charge in [0.05, 0.1) is 17.0 Å². The maximum absolute atomic E-state index is 12.7. The molecule has 1 aromatic carbocycles. The number of aryl methyl sites for hydroxylation is 1. The molecule has 0 bridgehead atoms. The third-order valence-corrected chi connectivity index (χ3v) is 4.98. The van der Waals surface area contributed by atoms with Gasteiger partial charge in [-0.25, -0.2) is 9.50 Å². The Morgan fingerprint density at radius 3 is 2.68 bits per heavy atom. The van der Waals surface area contributed by atoms with E-state index < -0.39 is 0 Å². The van der Waals surface area contributed by atoms with Gasteiger partial charge in [-0.3, -0.25) is 4.79 Å². The lowest BCUT2D eigenvalue weighted by Crippen LogP contribution is -2.36. The molecule has 0 saturated heterocycles. The van der Waals surface area contributed by atoms with Gasteiger partial charge in [0.2, 0.25) is 0 Å². The quantitative estimate of drug-likeness (QED) is 0.793. The number of nitrogens with zero attached hydrogens (tertiary/aromatic N) is 3. The van der Waals surface area contributed by atoms with Crippen molar-refractivity contribution < 1.29 is 4.79 Å². The van der Waals surface area contributed by atoms with Crippen LogP contribution in [0.1, 0.15) is 48.2 Å². The summed E-state index contributed by atoms with van der Waals surface area (Å²) in [6.07, 6.45) is 7.47. The highest BCUT2D eigenvalue weighted by molar-refractivity contribution is 5.95. The predicted molar refractivity (Wildman–Crippen MR) is 97.5 cm³/mol. The van der Waals surface area contributed by atoms with Crippen LogP contribution in [0.4, 0.5) is 0 Å². The van der Waals surface area contributed by atoms with E-state index in [2.05, 4.69) is 15.4 Å². The summed E-state index contributed by atoms with van der Waals surface area (Å²) in [5, 5.41) is 7.81. The first-order valence-electron chi connectivity index (χ1n) is 8.94. The molecule has 2 aromatic heterocycles. The summed E-state index contributed by atoms with van der Waals surface area (Å²) in [6.45, 7) is 1.92. The van der Waals surface area contributed by atoms with Crippen LogP contribution in [-0.4, -0.2) is 26.5 Å². The van der Waals surface area contributed by atoms with Crippen LogP contribution < -0.4 is 5.32 Å². The van der Waals surface area contributed by atoms with Crippen LogP contribution in [0.3, 0.4) is 0 Å². The molecule has 1 amide bonds. The average molecular weight is 334 g/mol. The lowest BCUT2D eigenvalue weighted by molar-refractivity contribution is 0.0926. The number of carbonyl (C=O) groups excluding carboxylic acids is 1. The van der Waals surface area contributed by atoms with Gasteiger partial charge in [-0.15, -0.1) is 0 Å². The lowest BCUT2D eigenvalue weighted by Gasteiger charge is -2.23. The van der Waals surface area contributed by atoms with Gasteiger partial charge in [-0.05, 0) is 19.8 Å². The number of nitrogens with one attached hydrogen (secondary N) is 1. The van der Waals surface area contributed by atoms with Crippen LogP contribution in [0.25, 0.3) is 16.9 Å². The maximum atomic E-state index is 12.7. The summed E-state index contributed by atoms with van der Waals surface area (Å²) < 4.78 is 1.76. The van der Waals surface area contributed by atoms with Crippen molar-refractivity contribution in [3.63, 3.8) is 0 Å². The number of hydrogen-bond donors (Lipinski definition) is 1. The average Bonchev–Trinajstić information content (AvgIpc) is 3.09. The zero-order valence-electron chi connectivity index (χ0n) is 14.4. The van der Waals surface area contributed by atoms with Gasteiger partial charge in [0.15, 0.2) is 5.65 Å². The SMILES string of the molecule is Cc1c(C(=O)NC2CCCCC2)cnc2cc(-c3ccccc3)nn12. The summed E-state index contributed by atoms with van der Waals surface area (Å²) in [7, 11) is 0. The van der Waals surface area contributed by atoms with E-state index in [-0.39, 0.29) is 11.9 Å². The number of hydrogen-bond acceptors (Lipinski definition) is 3. The number of aromatic nitrogens is 3. The lowest BCUT2D eigenvalue weighted by atomic mass is 9.95. The second-order valence-corrected chi connectivity index (χ2v) is 6.73. The molecule has 2 heterocycles. The van der Waals surface area contributed by atoms with Crippen molar-refractivity contribution >= 4 is 11.6 Å². The topological polar surface area (TPSA) is 59.3 Å². The molecule has 1 N–H and O–H groups in total. The van der Waals surface area contributed by atoms with Gasteiger partial charge in [0.25, 0.3) is 5.91 Å². The van der Waals surface area contributed by atoms with Crippen LogP contribution in [0.5, 0.6) is 0 Å². The Hall–Kier alpha value is -2.69. The zero-order chi connectivity index (χ0) is 17.2. The van der Waals surface area contributed by atoms with Crippen molar-refractivity contribution in [3.8, 4) is 11.3 Å². The second kappa shape index (κ2) is 6.67. The Kier molecular flexibility index (Phi) is 4.22. The predicted octanol–water partition coefficient (Wildman–Crippen LogP) is 3.77.